The highest BCUT2D eigenvalue weighted by Gasteiger charge is 2.19. The Hall–Kier alpha value is -0.200. The number of carbonyl (C=O) groups excluding carboxylic acids is 1. The molecule has 0 rings (SSSR count). The SMILES string of the molecule is CC(=CBr)C(=O)OOP(=O)(O)O. The molecule has 0 heterocycles. The fraction of sp³-hybridized carbons (Fsp3) is 0.250. The first-order chi connectivity index (χ1) is 5.37. The lowest BCUT2D eigenvalue weighted by atomic mass is 10.4. The standard InChI is InChI=1S/C4H6BrO6P/c1-3(2-5)4(6)10-11-12(7,8)9/h2H,1H3,(H2,7,8,9). The highest BCUT2D eigenvalue weighted by atomic mass is 79.9. The molecule has 0 saturated carbocycles. The number of carbonyl (C=O) groups is 1. The molecule has 8 heteroatoms. The van der Waals surface area contributed by atoms with Crippen LogP contribution in [0.15, 0.2) is 10.6 Å². The summed E-state index contributed by atoms with van der Waals surface area (Å²) in [6.45, 7) is 1.38. The first-order valence-electron chi connectivity index (χ1n) is 2.60. The van der Waals surface area contributed by atoms with Crippen LogP contribution in [0.5, 0.6) is 0 Å². The van der Waals surface area contributed by atoms with Crippen molar-refractivity contribution in [3.63, 3.8) is 0 Å². The molecule has 0 aliphatic rings. The largest absolute Gasteiger partial charge is 0.505 e. The lowest BCUT2D eigenvalue weighted by Crippen LogP contribution is -2.04. The Bertz CT molecular complexity index is 242. The molecule has 70 valence electrons. The number of hydrogen-bond donors (Lipinski definition) is 2. The van der Waals surface area contributed by atoms with Crippen LogP contribution in [-0.2, 0) is 18.9 Å². The highest BCUT2D eigenvalue weighted by Crippen LogP contribution is 2.36. The molecule has 0 aliphatic heterocycles. The maximum absolute atomic E-state index is 10.6. The van der Waals surface area contributed by atoms with E-state index < -0.39 is 13.8 Å². The Labute approximate surface area is 76.5 Å². The van der Waals surface area contributed by atoms with Crippen LogP contribution in [0.2, 0.25) is 0 Å². The Balaban J connectivity index is 3.97. The van der Waals surface area contributed by atoms with Crippen LogP contribution in [0.1, 0.15) is 6.92 Å². The molecule has 0 fully saturated rings. The van der Waals surface area contributed by atoms with Gasteiger partial charge in [-0.1, -0.05) is 20.6 Å². The lowest BCUT2D eigenvalue weighted by molar-refractivity contribution is -0.217. The Morgan fingerprint density at radius 3 is 2.42 bits per heavy atom. The van der Waals surface area contributed by atoms with Gasteiger partial charge in [0.2, 0.25) is 0 Å². The van der Waals surface area contributed by atoms with E-state index in [4.69, 9.17) is 9.79 Å². The molecule has 0 saturated heterocycles. The van der Waals surface area contributed by atoms with Crippen molar-refractivity contribution in [3.05, 3.63) is 10.6 Å². The minimum Gasteiger partial charge on any atom is -0.301 e. The highest BCUT2D eigenvalue weighted by molar-refractivity contribution is 9.11. The monoisotopic (exact) mass is 260 g/mol. The van der Waals surface area contributed by atoms with Crippen molar-refractivity contribution in [2.24, 2.45) is 0 Å². The van der Waals surface area contributed by atoms with Gasteiger partial charge in [-0.05, 0) is 11.9 Å². The molecule has 0 unspecified atom stereocenters. The molecule has 0 atom stereocenters. The molecule has 0 spiro atoms. The van der Waals surface area contributed by atoms with Crippen LogP contribution in [0.4, 0.5) is 0 Å². The Kier molecular flexibility index (Phi) is 4.66. The van der Waals surface area contributed by atoms with Gasteiger partial charge in [0.25, 0.3) is 0 Å². The molecule has 0 aliphatic carbocycles. The molecule has 12 heavy (non-hydrogen) atoms. The summed E-state index contributed by atoms with van der Waals surface area (Å²) in [5.74, 6) is -0.977. The lowest BCUT2D eigenvalue weighted by Gasteiger charge is -2.02. The fourth-order valence-corrected chi connectivity index (χ4v) is 0.544. The summed E-state index contributed by atoms with van der Waals surface area (Å²) in [6, 6.07) is 0. The second-order valence-electron chi connectivity index (χ2n) is 1.73. The Morgan fingerprint density at radius 2 is 2.08 bits per heavy atom. The van der Waals surface area contributed by atoms with E-state index in [1.54, 1.807) is 0 Å². The molecular weight excluding hydrogens is 255 g/mol. The maximum atomic E-state index is 10.6. The molecule has 0 radical (unpaired) electrons. The summed E-state index contributed by atoms with van der Waals surface area (Å²) < 4.78 is 13.5. The second kappa shape index (κ2) is 4.74. The zero-order chi connectivity index (χ0) is 9.78. The number of rotatable bonds is 3. The van der Waals surface area contributed by atoms with Crippen LogP contribution in [0, 0.1) is 0 Å². The third-order valence-corrected chi connectivity index (χ3v) is 1.65. The number of hydrogen-bond acceptors (Lipinski definition) is 4. The maximum Gasteiger partial charge on any atom is 0.505 e. The Morgan fingerprint density at radius 1 is 1.58 bits per heavy atom. The fourth-order valence-electron chi connectivity index (χ4n) is 0.193. The molecule has 0 amide bonds. The van der Waals surface area contributed by atoms with Crippen molar-refractivity contribution in [2.45, 2.75) is 6.92 Å². The molecule has 0 bridgehead atoms. The molecule has 0 aromatic carbocycles. The van der Waals surface area contributed by atoms with Crippen molar-refractivity contribution in [3.8, 4) is 0 Å². The summed E-state index contributed by atoms with van der Waals surface area (Å²) in [5, 5.41) is 0. The van der Waals surface area contributed by atoms with Crippen LogP contribution >= 0.6 is 23.8 Å². The van der Waals surface area contributed by atoms with Gasteiger partial charge in [0.1, 0.15) is 0 Å². The van der Waals surface area contributed by atoms with Crippen LogP contribution in [0.3, 0.4) is 0 Å². The molecular formula is C4H6BrO6P. The predicted octanol–water partition coefficient (Wildman–Crippen LogP) is 0.853. The van der Waals surface area contributed by atoms with Gasteiger partial charge in [-0.2, -0.15) is 0 Å². The molecule has 6 nitrogen and oxygen atoms in total. The van der Waals surface area contributed by atoms with Crippen LogP contribution < -0.4 is 0 Å². The summed E-state index contributed by atoms with van der Waals surface area (Å²) in [6.07, 6.45) is 0. The number of halogens is 1. The van der Waals surface area contributed by atoms with Gasteiger partial charge in [-0.25, -0.2) is 9.36 Å². The van der Waals surface area contributed by atoms with Gasteiger partial charge < -0.3 is 9.79 Å². The van der Waals surface area contributed by atoms with E-state index in [1.165, 1.54) is 11.9 Å². The predicted molar refractivity (Wildman–Crippen MR) is 41.9 cm³/mol. The zero-order valence-electron chi connectivity index (χ0n) is 5.93. The topological polar surface area (TPSA) is 93.1 Å². The first kappa shape index (κ1) is 11.8. The van der Waals surface area contributed by atoms with Crippen molar-refractivity contribution in [2.75, 3.05) is 0 Å². The average Bonchev–Trinajstić information content (AvgIpc) is 1.97. The summed E-state index contributed by atoms with van der Waals surface area (Å²) >= 11 is 2.82. The zero-order valence-corrected chi connectivity index (χ0v) is 8.41. The van der Waals surface area contributed by atoms with E-state index >= 15 is 0 Å². The van der Waals surface area contributed by atoms with Gasteiger partial charge in [0, 0.05) is 5.57 Å². The van der Waals surface area contributed by atoms with E-state index in [0.717, 1.165) is 0 Å². The first-order valence-corrected chi connectivity index (χ1v) is 5.04. The molecule has 0 aromatic rings. The average molecular weight is 261 g/mol. The van der Waals surface area contributed by atoms with Crippen LogP contribution in [0.25, 0.3) is 0 Å². The van der Waals surface area contributed by atoms with Gasteiger partial charge in [0.15, 0.2) is 0 Å². The van der Waals surface area contributed by atoms with Crippen molar-refractivity contribution in [1.29, 1.82) is 0 Å². The summed E-state index contributed by atoms with van der Waals surface area (Å²) in [7, 11) is -4.76. The quantitative estimate of drug-likeness (QED) is 0.338. The smallest absolute Gasteiger partial charge is 0.301 e. The van der Waals surface area contributed by atoms with Gasteiger partial charge in [-0.3, -0.25) is 4.89 Å². The van der Waals surface area contributed by atoms with E-state index in [2.05, 4.69) is 25.5 Å². The molecule has 0 aromatic heterocycles. The number of phosphoric acid groups is 1. The van der Waals surface area contributed by atoms with Gasteiger partial charge in [-0.15, -0.1) is 0 Å². The van der Waals surface area contributed by atoms with Crippen molar-refractivity contribution >= 4 is 29.7 Å². The third-order valence-electron chi connectivity index (χ3n) is 0.696. The minimum atomic E-state index is -4.76. The normalized spacial score (nSPS) is 12.8. The molecule has 2 N–H and O–H groups in total. The second-order valence-corrected chi connectivity index (χ2v) is 3.32. The van der Waals surface area contributed by atoms with E-state index in [9.17, 15) is 9.36 Å². The van der Waals surface area contributed by atoms with Gasteiger partial charge in [0.05, 0.1) is 0 Å². The summed E-state index contributed by atoms with van der Waals surface area (Å²) in [5.41, 5.74) is 0.114. The van der Waals surface area contributed by atoms with E-state index in [0.29, 0.717) is 0 Å². The van der Waals surface area contributed by atoms with E-state index in [1.807, 2.05) is 0 Å². The van der Waals surface area contributed by atoms with Crippen molar-refractivity contribution in [1.82, 2.24) is 0 Å². The van der Waals surface area contributed by atoms with Crippen molar-refractivity contribution < 1.29 is 28.7 Å². The summed E-state index contributed by atoms with van der Waals surface area (Å²) in [4.78, 5) is 31.8. The van der Waals surface area contributed by atoms with E-state index in [-0.39, 0.29) is 5.57 Å². The van der Waals surface area contributed by atoms with Gasteiger partial charge >= 0.3 is 13.8 Å². The van der Waals surface area contributed by atoms with Crippen LogP contribution in [-0.4, -0.2) is 15.8 Å². The third kappa shape index (κ3) is 5.45. The minimum absolute atomic E-state index is 0.114.